The molecule has 2 N–H and O–H groups in total. The minimum absolute atomic E-state index is 0.106. The molecule has 3 unspecified atom stereocenters. The van der Waals surface area contributed by atoms with Crippen LogP contribution in [0.4, 0.5) is 4.79 Å². The lowest BCUT2D eigenvalue weighted by Crippen LogP contribution is -2.57. The van der Waals surface area contributed by atoms with Crippen LogP contribution in [-0.2, 0) is 19.1 Å². The molecule has 1 heterocycles. The highest BCUT2D eigenvalue weighted by Gasteiger charge is 2.37. The van der Waals surface area contributed by atoms with Gasteiger partial charge in [0.1, 0.15) is 23.9 Å². The normalized spacial score (nSPS) is 19.0. The zero-order valence-electron chi connectivity index (χ0n) is 24.3. The maximum absolute atomic E-state index is 13.6. The highest BCUT2D eigenvalue weighted by atomic mass is 32.2. The highest BCUT2D eigenvalue weighted by molar-refractivity contribution is 8.16. The molecule has 0 radical (unpaired) electrons. The Morgan fingerprint density at radius 2 is 1.63 bits per heavy atom. The maximum atomic E-state index is 13.6. The Bertz CT molecular complexity index is 1330. The Morgan fingerprint density at radius 3 is 2.17 bits per heavy atom. The van der Waals surface area contributed by atoms with Crippen molar-refractivity contribution in [1.29, 1.82) is 5.26 Å². The molecule has 2 aromatic rings. The van der Waals surface area contributed by atoms with Gasteiger partial charge in [0, 0.05) is 5.92 Å². The van der Waals surface area contributed by atoms with E-state index in [0.29, 0.717) is 0 Å². The van der Waals surface area contributed by atoms with Gasteiger partial charge < -0.3 is 20.1 Å². The molecule has 1 aliphatic carbocycles. The van der Waals surface area contributed by atoms with Gasteiger partial charge in [-0.25, -0.2) is 4.79 Å². The SMILES string of the molecule is CC(OC(C)(C)C)[C@H](NC(=O)[C@H](C)NC(=O)OCC1c2ccccc2-c2ccccc21)C(=O)C(C#N)S1=CCCC1. The molecular formula is C32H39N3O5S. The van der Waals surface area contributed by atoms with E-state index in [1.54, 1.807) is 6.92 Å². The van der Waals surface area contributed by atoms with Gasteiger partial charge in [0.25, 0.3) is 0 Å². The number of ketones is 1. The minimum Gasteiger partial charge on any atom is -0.449 e. The van der Waals surface area contributed by atoms with Gasteiger partial charge in [-0.1, -0.05) is 53.9 Å². The highest BCUT2D eigenvalue weighted by Crippen LogP contribution is 2.44. The Balaban J connectivity index is 1.40. The molecule has 41 heavy (non-hydrogen) atoms. The maximum Gasteiger partial charge on any atom is 0.407 e. The van der Waals surface area contributed by atoms with Crippen molar-refractivity contribution in [3.05, 3.63) is 59.7 Å². The summed E-state index contributed by atoms with van der Waals surface area (Å²) in [6, 6.07) is 16.2. The van der Waals surface area contributed by atoms with Crippen molar-refractivity contribution in [2.24, 2.45) is 0 Å². The van der Waals surface area contributed by atoms with Crippen molar-refractivity contribution in [2.75, 3.05) is 12.4 Å². The summed E-state index contributed by atoms with van der Waals surface area (Å²) in [6.45, 7) is 8.96. The number of hydrogen-bond donors (Lipinski definition) is 2. The van der Waals surface area contributed by atoms with Crippen LogP contribution in [0.5, 0.6) is 0 Å². The zero-order chi connectivity index (χ0) is 29.7. The minimum atomic E-state index is -1.04. The van der Waals surface area contributed by atoms with Gasteiger partial charge in [-0.05, 0) is 75.5 Å². The number of benzene rings is 2. The van der Waals surface area contributed by atoms with Crippen LogP contribution < -0.4 is 10.6 Å². The Labute approximate surface area is 244 Å². The summed E-state index contributed by atoms with van der Waals surface area (Å²) in [6.07, 6.45) is 0.407. The summed E-state index contributed by atoms with van der Waals surface area (Å²) in [5, 5.41) is 16.4. The molecule has 218 valence electrons. The average Bonchev–Trinajstić information content (AvgIpc) is 3.56. The van der Waals surface area contributed by atoms with E-state index >= 15 is 0 Å². The molecular weight excluding hydrogens is 538 g/mol. The second-order valence-corrected chi connectivity index (χ2v) is 13.7. The monoisotopic (exact) mass is 577 g/mol. The predicted octanol–water partition coefficient (Wildman–Crippen LogP) is 4.93. The van der Waals surface area contributed by atoms with E-state index in [0.717, 1.165) is 40.8 Å². The van der Waals surface area contributed by atoms with Crippen LogP contribution in [0.15, 0.2) is 48.5 Å². The van der Waals surface area contributed by atoms with Gasteiger partial charge in [0.2, 0.25) is 5.91 Å². The van der Waals surface area contributed by atoms with E-state index in [1.807, 2.05) is 62.5 Å². The number of ether oxygens (including phenoxy) is 2. The van der Waals surface area contributed by atoms with Crippen molar-refractivity contribution in [1.82, 2.24) is 10.6 Å². The Morgan fingerprint density at radius 1 is 1.02 bits per heavy atom. The van der Waals surface area contributed by atoms with Crippen LogP contribution >= 0.6 is 10.5 Å². The molecule has 4 rings (SSSR count). The lowest BCUT2D eigenvalue weighted by Gasteiger charge is -2.32. The lowest BCUT2D eigenvalue weighted by atomic mass is 9.98. The van der Waals surface area contributed by atoms with Crippen LogP contribution in [0.25, 0.3) is 11.1 Å². The summed E-state index contributed by atoms with van der Waals surface area (Å²) in [5.41, 5.74) is 3.86. The van der Waals surface area contributed by atoms with Crippen molar-refractivity contribution in [3.63, 3.8) is 0 Å². The van der Waals surface area contributed by atoms with Crippen molar-refractivity contribution >= 4 is 33.6 Å². The molecule has 1 aliphatic heterocycles. The topological polar surface area (TPSA) is 118 Å². The predicted molar refractivity (Wildman–Crippen MR) is 162 cm³/mol. The second-order valence-electron chi connectivity index (χ2n) is 11.5. The zero-order valence-corrected chi connectivity index (χ0v) is 25.1. The molecule has 0 saturated heterocycles. The molecule has 5 atom stereocenters. The van der Waals surface area contributed by atoms with Gasteiger partial charge in [-0.2, -0.15) is 15.7 Å². The molecule has 0 bridgehead atoms. The molecule has 2 aromatic carbocycles. The first kappa shape index (κ1) is 30.5. The molecule has 2 amide bonds. The first-order chi connectivity index (χ1) is 19.5. The smallest absolute Gasteiger partial charge is 0.407 e. The van der Waals surface area contributed by atoms with Crippen molar-refractivity contribution in [2.45, 2.75) is 82.4 Å². The Kier molecular flexibility index (Phi) is 9.67. The van der Waals surface area contributed by atoms with Crippen LogP contribution in [0, 0.1) is 11.3 Å². The number of nitrogens with zero attached hydrogens (tertiary/aromatic N) is 1. The number of rotatable bonds is 10. The van der Waals surface area contributed by atoms with Crippen LogP contribution in [0.2, 0.25) is 0 Å². The molecule has 0 fully saturated rings. The number of fused-ring (bicyclic) bond motifs is 3. The largest absolute Gasteiger partial charge is 0.449 e. The van der Waals surface area contributed by atoms with Crippen LogP contribution in [0.1, 0.15) is 64.5 Å². The van der Waals surface area contributed by atoms with Gasteiger partial charge in [0.05, 0.1) is 17.8 Å². The number of carbonyl (C=O) groups excluding carboxylic acids is 3. The third-order valence-electron chi connectivity index (χ3n) is 7.28. The van der Waals surface area contributed by atoms with Gasteiger partial charge in [-0.15, -0.1) is 0 Å². The summed E-state index contributed by atoms with van der Waals surface area (Å²) in [7, 11) is -0.458. The molecule has 9 heteroatoms. The fraction of sp³-hybridized carbons (Fsp3) is 0.469. The number of carbonyl (C=O) groups is 3. The number of hydrogen-bond acceptors (Lipinski definition) is 6. The number of amides is 2. The van der Waals surface area contributed by atoms with Gasteiger partial charge >= 0.3 is 6.09 Å². The first-order valence-electron chi connectivity index (χ1n) is 14.0. The summed E-state index contributed by atoms with van der Waals surface area (Å²) >= 11 is 0. The fourth-order valence-corrected chi connectivity index (χ4v) is 7.58. The third kappa shape index (κ3) is 7.24. The number of Topliss-reactive ketones (excluding diaryl/α,β-unsaturated/α-hetero) is 1. The second kappa shape index (κ2) is 13.0. The fourth-order valence-electron chi connectivity index (χ4n) is 5.43. The number of nitriles is 1. The number of nitrogens with one attached hydrogen (secondary N) is 2. The summed E-state index contributed by atoms with van der Waals surface area (Å²) in [5.74, 6) is -0.242. The van der Waals surface area contributed by atoms with E-state index in [9.17, 15) is 19.6 Å². The van der Waals surface area contributed by atoms with E-state index in [-0.39, 0.29) is 18.3 Å². The molecule has 0 aromatic heterocycles. The average molecular weight is 578 g/mol. The molecule has 0 spiro atoms. The van der Waals surface area contributed by atoms with Crippen molar-refractivity contribution < 1.29 is 23.9 Å². The standard InChI is InChI=1S/C32H39N3O5S/c1-20(34-31(38)39-19-26-24-14-8-6-12-22(24)23-13-7-9-15-25(23)26)30(37)35-28(21(2)40-32(3,4)5)29(36)27(18-33)41-16-10-11-17-41/h6-9,12-16,20-21,26-28H,10-11,17,19H2,1-5H3,(H,34,38)(H,35,37)/t20-,21?,27?,28-,41?/m0/s1. The molecule has 0 saturated carbocycles. The van der Waals surface area contributed by atoms with E-state index in [4.69, 9.17) is 9.47 Å². The van der Waals surface area contributed by atoms with E-state index < -0.39 is 51.5 Å². The summed E-state index contributed by atoms with van der Waals surface area (Å²) < 4.78 is 11.6. The number of alkyl carbamates (subject to hydrolysis) is 1. The molecule has 8 nitrogen and oxygen atoms in total. The lowest BCUT2D eigenvalue weighted by molar-refractivity contribution is -0.135. The summed E-state index contributed by atoms with van der Waals surface area (Å²) in [4.78, 5) is 39.5. The molecule has 2 aliphatic rings. The van der Waals surface area contributed by atoms with E-state index in [2.05, 4.69) is 28.8 Å². The van der Waals surface area contributed by atoms with Crippen LogP contribution in [-0.4, -0.2) is 64.5 Å². The first-order valence-corrected chi connectivity index (χ1v) is 15.6. The quantitative estimate of drug-likeness (QED) is 0.387. The van der Waals surface area contributed by atoms with Gasteiger partial charge in [-0.3, -0.25) is 9.59 Å². The van der Waals surface area contributed by atoms with Crippen molar-refractivity contribution in [3.8, 4) is 17.2 Å². The van der Waals surface area contributed by atoms with Crippen LogP contribution in [0.3, 0.4) is 0 Å². The Hall–Kier alpha value is -3.48. The van der Waals surface area contributed by atoms with Gasteiger partial charge in [0.15, 0.2) is 5.78 Å². The van der Waals surface area contributed by atoms with E-state index in [1.165, 1.54) is 6.92 Å². The third-order valence-corrected chi connectivity index (χ3v) is 9.65.